The molecule has 0 radical (unpaired) electrons. The van der Waals surface area contributed by atoms with E-state index >= 15 is 0 Å². The summed E-state index contributed by atoms with van der Waals surface area (Å²) >= 11 is 7.60. The van der Waals surface area contributed by atoms with Crippen molar-refractivity contribution in [2.24, 2.45) is 5.10 Å². The average molecular weight is 483 g/mol. The standard InChI is InChI=1S/C24H16ClFN2O4S/c1-31-18-10-11-19-20(12-18)33-22(21(19)25)24(30)32-17-8-2-14(3-9-17)13-27-28-23(29)15-4-6-16(26)7-5-15/h2-13H,1H3,(H,28,29). The number of hydrogen-bond acceptors (Lipinski definition) is 6. The summed E-state index contributed by atoms with van der Waals surface area (Å²) in [7, 11) is 1.57. The Morgan fingerprint density at radius 2 is 1.73 bits per heavy atom. The van der Waals surface area contributed by atoms with Crippen molar-refractivity contribution in [3.8, 4) is 11.5 Å². The van der Waals surface area contributed by atoms with Crippen molar-refractivity contribution in [1.29, 1.82) is 0 Å². The van der Waals surface area contributed by atoms with E-state index in [0.717, 1.165) is 10.1 Å². The molecule has 3 aromatic carbocycles. The van der Waals surface area contributed by atoms with Crippen LogP contribution in [0.25, 0.3) is 10.1 Å². The molecule has 0 atom stereocenters. The Hall–Kier alpha value is -3.75. The van der Waals surface area contributed by atoms with Crippen LogP contribution in [-0.2, 0) is 0 Å². The lowest BCUT2D eigenvalue weighted by Crippen LogP contribution is -2.17. The maximum absolute atomic E-state index is 12.9. The van der Waals surface area contributed by atoms with Gasteiger partial charge in [-0.2, -0.15) is 5.10 Å². The largest absolute Gasteiger partial charge is 0.497 e. The van der Waals surface area contributed by atoms with E-state index in [4.69, 9.17) is 21.1 Å². The summed E-state index contributed by atoms with van der Waals surface area (Å²) in [6.07, 6.45) is 1.43. The molecule has 0 saturated carbocycles. The minimum absolute atomic E-state index is 0.286. The van der Waals surface area contributed by atoms with Gasteiger partial charge in [-0.05, 0) is 72.3 Å². The van der Waals surface area contributed by atoms with E-state index in [1.807, 2.05) is 6.07 Å². The number of thiophene rings is 1. The highest BCUT2D eigenvalue weighted by Crippen LogP contribution is 2.37. The van der Waals surface area contributed by atoms with Crippen LogP contribution in [-0.4, -0.2) is 25.2 Å². The minimum Gasteiger partial charge on any atom is -0.497 e. The summed E-state index contributed by atoms with van der Waals surface area (Å²) < 4.78 is 24.4. The molecule has 33 heavy (non-hydrogen) atoms. The van der Waals surface area contributed by atoms with Crippen molar-refractivity contribution in [3.05, 3.63) is 93.6 Å². The first kappa shape index (κ1) is 22.4. The number of carbonyl (C=O) groups is 2. The van der Waals surface area contributed by atoms with Gasteiger partial charge in [-0.25, -0.2) is 14.6 Å². The Labute approximate surface area is 197 Å². The second kappa shape index (κ2) is 9.81. The molecular formula is C24H16ClFN2O4S. The third-order valence-electron chi connectivity index (χ3n) is 4.60. The lowest BCUT2D eigenvalue weighted by Gasteiger charge is -2.03. The van der Waals surface area contributed by atoms with E-state index in [1.165, 1.54) is 41.8 Å². The number of ether oxygens (including phenoxy) is 2. The molecule has 1 amide bonds. The molecule has 1 heterocycles. The molecule has 4 rings (SSSR count). The Balaban J connectivity index is 1.39. The molecule has 0 spiro atoms. The summed E-state index contributed by atoms with van der Waals surface area (Å²) in [5.74, 6) is -0.446. The minimum atomic E-state index is -0.562. The lowest BCUT2D eigenvalue weighted by molar-refractivity contribution is 0.0739. The van der Waals surface area contributed by atoms with Gasteiger partial charge >= 0.3 is 5.97 Å². The van der Waals surface area contributed by atoms with Gasteiger partial charge in [-0.1, -0.05) is 11.6 Å². The number of rotatable bonds is 6. The smallest absolute Gasteiger partial charge is 0.355 e. The van der Waals surface area contributed by atoms with Crippen molar-refractivity contribution in [1.82, 2.24) is 5.43 Å². The van der Waals surface area contributed by atoms with Crippen LogP contribution in [0.1, 0.15) is 25.6 Å². The fourth-order valence-corrected chi connectivity index (χ4v) is 4.32. The monoisotopic (exact) mass is 482 g/mol. The number of amides is 1. The van der Waals surface area contributed by atoms with Gasteiger partial charge in [0.25, 0.3) is 5.91 Å². The highest BCUT2D eigenvalue weighted by Gasteiger charge is 2.19. The maximum atomic E-state index is 12.9. The number of nitrogens with zero attached hydrogens (tertiary/aromatic N) is 1. The van der Waals surface area contributed by atoms with Crippen LogP contribution in [0, 0.1) is 5.82 Å². The highest BCUT2D eigenvalue weighted by molar-refractivity contribution is 7.21. The first-order valence-corrected chi connectivity index (χ1v) is 10.8. The normalized spacial score (nSPS) is 11.0. The van der Waals surface area contributed by atoms with Gasteiger partial charge in [0.05, 0.1) is 18.3 Å². The Morgan fingerprint density at radius 3 is 2.42 bits per heavy atom. The fraction of sp³-hybridized carbons (Fsp3) is 0.0417. The van der Waals surface area contributed by atoms with Crippen LogP contribution in [0.4, 0.5) is 4.39 Å². The molecule has 0 unspecified atom stereocenters. The molecule has 4 aromatic rings. The third-order valence-corrected chi connectivity index (χ3v) is 6.24. The molecule has 0 aliphatic carbocycles. The van der Waals surface area contributed by atoms with Crippen molar-refractivity contribution in [3.63, 3.8) is 0 Å². The Bertz CT molecular complexity index is 1350. The van der Waals surface area contributed by atoms with Crippen LogP contribution < -0.4 is 14.9 Å². The first-order valence-electron chi connectivity index (χ1n) is 9.62. The molecule has 6 nitrogen and oxygen atoms in total. The van der Waals surface area contributed by atoms with Crippen LogP contribution in [0.15, 0.2) is 71.8 Å². The second-order valence-corrected chi connectivity index (χ2v) is 8.20. The SMILES string of the molecule is COc1ccc2c(Cl)c(C(=O)Oc3ccc(C=NNC(=O)c4ccc(F)cc4)cc3)sc2c1. The van der Waals surface area contributed by atoms with Gasteiger partial charge in [-0.3, -0.25) is 4.79 Å². The van der Waals surface area contributed by atoms with Crippen molar-refractivity contribution >= 4 is 51.1 Å². The zero-order valence-corrected chi connectivity index (χ0v) is 18.7. The van der Waals surface area contributed by atoms with Gasteiger partial charge in [0.15, 0.2) is 0 Å². The maximum Gasteiger partial charge on any atom is 0.355 e. The number of carbonyl (C=O) groups excluding carboxylic acids is 2. The third kappa shape index (κ3) is 5.19. The van der Waals surface area contributed by atoms with E-state index in [-0.39, 0.29) is 5.56 Å². The zero-order valence-electron chi connectivity index (χ0n) is 17.2. The molecule has 166 valence electrons. The Morgan fingerprint density at radius 1 is 1.03 bits per heavy atom. The van der Waals surface area contributed by atoms with Crippen molar-refractivity contribution in [2.75, 3.05) is 7.11 Å². The predicted molar refractivity (Wildman–Crippen MR) is 126 cm³/mol. The number of nitrogens with one attached hydrogen (secondary N) is 1. The van der Waals surface area contributed by atoms with Gasteiger partial charge in [0, 0.05) is 15.6 Å². The van der Waals surface area contributed by atoms with Gasteiger partial charge in [-0.15, -0.1) is 11.3 Å². The number of methoxy groups -OCH3 is 1. The van der Waals surface area contributed by atoms with Gasteiger partial charge in [0.2, 0.25) is 0 Å². The van der Waals surface area contributed by atoms with Crippen LogP contribution >= 0.6 is 22.9 Å². The molecule has 0 bridgehead atoms. The van der Waals surface area contributed by atoms with Crippen LogP contribution in [0.2, 0.25) is 5.02 Å². The summed E-state index contributed by atoms with van der Waals surface area (Å²) in [5.41, 5.74) is 3.32. The number of esters is 1. The van der Waals surface area contributed by atoms with E-state index in [1.54, 1.807) is 43.5 Å². The Kier molecular flexibility index (Phi) is 6.67. The van der Waals surface area contributed by atoms with E-state index in [2.05, 4.69) is 10.5 Å². The molecule has 1 N–H and O–H groups in total. The van der Waals surface area contributed by atoms with Gasteiger partial charge < -0.3 is 9.47 Å². The summed E-state index contributed by atoms with van der Waals surface area (Å²) in [5, 5.41) is 4.97. The average Bonchev–Trinajstić information content (AvgIpc) is 3.16. The molecule has 1 aromatic heterocycles. The van der Waals surface area contributed by atoms with Crippen molar-refractivity contribution in [2.45, 2.75) is 0 Å². The number of hydrogen-bond donors (Lipinski definition) is 1. The summed E-state index contributed by atoms with van der Waals surface area (Å²) in [4.78, 5) is 24.9. The second-order valence-electron chi connectivity index (χ2n) is 6.77. The summed E-state index contributed by atoms with van der Waals surface area (Å²) in [6.45, 7) is 0. The topological polar surface area (TPSA) is 77.0 Å². The van der Waals surface area contributed by atoms with Gasteiger partial charge in [0.1, 0.15) is 22.2 Å². The molecule has 9 heteroatoms. The number of benzene rings is 3. The quantitative estimate of drug-likeness (QED) is 0.166. The first-order chi connectivity index (χ1) is 15.9. The predicted octanol–water partition coefficient (Wildman–Crippen LogP) is 5.69. The van der Waals surface area contributed by atoms with E-state index in [0.29, 0.717) is 27.0 Å². The number of hydrazone groups is 1. The number of halogens is 2. The fourth-order valence-electron chi connectivity index (χ4n) is 2.91. The molecule has 0 fully saturated rings. The number of fused-ring (bicyclic) bond motifs is 1. The highest BCUT2D eigenvalue weighted by atomic mass is 35.5. The molecular weight excluding hydrogens is 467 g/mol. The zero-order chi connectivity index (χ0) is 23.4. The van der Waals surface area contributed by atoms with E-state index < -0.39 is 17.7 Å². The summed E-state index contributed by atoms with van der Waals surface area (Å²) in [6, 6.07) is 17.1. The van der Waals surface area contributed by atoms with E-state index in [9.17, 15) is 14.0 Å². The lowest BCUT2D eigenvalue weighted by atomic mass is 10.2. The molecule has 0 saturated heterocycles. The van der Waals surface area contributed by atoms with Crippen LogP contribution in [0.5, 0.6) is 11.5 Å². The molecule has 0 aliphatic rings. The molecule has 0 aliphatic heterocycles. The van der Waals surface area contributed by atoms with Crippen molar-refractivity contribution < 1.29 is 23.5 Å². The van der Waals surface area contributed by atoms with Crippen LogP contribution in [0.3, 0.4) is 0 Å².